The Bertz CT molecular complexity index is 143. The number of rotatable bonds is 8. The molecule has 0 aliphatic heterocycles. The van der Waals surface area contributed by atoms with Gasteiger partial charge in [-0.25, -0.2) is 0 Å². The first kappa shape index (κ1) is 15.1. The average Bonchev–Trinajstić information content (AvgIpc) is 2.15. The molecule has 0 saturated heterocycles. The van der Waals surface area contributed by atoms with Crippen LogP contribution in [0.4, 0.5) is 0 Å². The molecule has 0 spiro atoms. The molecule has 91 valence electrons. The molecule has 2 nitrogen and oxygen atoms in total. The van der Waals surface area contributed by atoms with Crippen LogP contribution in [0.3, 0.4) is 0 Å². The Labute approximate surface area is 97.1 Å². The zero-order valence-corrected chi connectivity index (χ0v) is 12.1. The molecule has 1 radical (unpaired) electrons. The minimum Gasteiger partial charge on any atom is -0.414 e. The van der Waals surface area contributed by atoms with Gasteiger partial charge >= 0.3 is 0 Å². The lowest BCUT2D eigenvalue weighted by atomic mass is 10.2. The summed E-state index contributed by atoms with van der Waals surface area (Å²) in [6.45, 7) is 13.6. The molecule has 0 fully saturated rings. The molecule has 0 unspecified atom stereocenters. The number of unbranched alkanes of at least 4 members (excludes halogenated alkanes) is 1. The third kappa shape index (κ3) is 8.00. The van der Waals surface area contributed by atoms with Gasteiger partial charge in [0.05, 0.1) is 13.2 Å². The van der Waals surface area contributed by atoms with Crippen molar-refractivity contribution < 1.29 is 9.16 Å². The number of hydrogen-bond donors (Lipinski definition) is 0. The van der Waals surface area contributed by atoms with Crippen LogP contribution in [0.1, 0.15) is 47.5 Å². The zero-order chi connectivity index (χ0) is 11.7. The van der Waals surface area contributed by atoms with E-state index >= 15 is 0 Å². The van der Waals surface area contributed by atoms with Gasteiger partial charge < -0.3 is 9.16 Å². The van der Waals surface area contributed by atoms with E-state index in [1.807, 2.05) is 0 Å². The predicted molar refractivity (Wildman–Crippen MR) is 67.6 cm³/mol. The Kier molecular flexibility index (Phi) is 8.38. The summed E-state index contributed by atoms with van der Waals surface area (Å²) in [5.74, 6) is 0. The second-order valence-corrected chi connectivity index (χ2v) is 8.18. The van der Waals surface area contributed by atoms with E-state index in [1.165, 1.54) is 12.5 Å². The Morgan fingerprint density at radius 3 is 2.13 bits per heavy atom. The molecule has 0 aliphatic carbocycles. The summed E-state index contributed by atoms with van der Waals surface area (Å²) >= 11 is 0. The quantitative estimate of drug-likeness (QED) is 0.469. The van der Waals surface area contributed by atoms with E-state index in [1.54, 1.807) is 0 Å². The fourth-order valence-corrected chi connectivity index (χ4v) is 3.45. The SMILES string of the molecule is CCCCOCCO[Si](CC)C(C)(C)C. The van der Waals surface area contributed by atoms with Crippen molar-refractivity contribution in [1.82, 2.24) is 0 Å². The lowest BCUT2D eigenvalue weighted by Crippen LogP contribution is -2.29. The van der Waals surface area contributed by atoms with Crippen molar-refractivity contribution in [2.75, 3.05) is 19.8 Å². The second kappa shape index (κ2) is 8.31. The first-order chi connectivity index (χ1) is 7.02. The number of ether oxygens (including phenoxy) is 1. The summed E-state index contributed by atoms with van der Waals surface area (Å²) < 4.78 is 11.4. The van der Waals surface area contributed by atoms with Crippen molar-refractivity contribution in [3.63, 3.8) is 0 Å². The molecular weight excluding hydrogens is 204 g/mol. The van der Waals surface area contributed by atoms with Crippen LogP contribution in [0, 0.1) is 0 Å². The van der Waals surface area contributed by atoms with Crippen LogP contribution in [0.15, 0.2) is 0 Å². The predicted octanol–water partition coefficient (Wildman–Crippen LogP) is 3.63. The van der Waals surface area contributed by atoms with Crippen molar-refractivity contribution in [1.29, 1.82) is 0 Å². The van der Waals surface area contributed by atoms with Gasteiger partial charge in [0.2, 0.25) is 9.04 Å². The normalized spacial score (nSPS) is 12.4. The van der Waals surface area contributed by atoms with Gasteiger partial charge in [0, 0.05) is 6.61 Å². The molecule has 0 heterocycles. The van der Waals surface area contributed by atoms with Gasteiger partial charge in [0.25, 0.3) is 0 Å². The second-order valence-electron chi connectivity index (χ2n) is 4.84. The van der Waals surface area contributed by atoms with Crippen LogP contribution in [0.2, 0.25) is 11.1 Å². The summed E-state index contributed by atoms with van der Waals surface area (Å²) in [4.78, 5) is 0. The van der Waals surface area contributed by atoms with Crippen LogP contribution in [-0.4, -0.2) is 28.9 Å². The van der Waals surface area contributed by atoms with Gasteiger partial charge in [-0.15, -0.1) is 0 Å². The molecule has 0 bridgehead atoms. The molecule has 15 heavy (non-hydrogen) atoms. The molecule has 0 rings (SSSR count). The molecule has 0 aliphatic rings. The molecule has 0 aromatic rings. The molecule has 0 N–H and O–H groups in total. The number of hydrogen-bond acceptors (Lipinski definition) is 2. The highest BCUT2D eigenvalue weighted by Crippen LogP contribution is 2.29. The maximum Gasteiger partial charge on any atom is 0.216 e. The Morgan fingerprint density at radius 1 is 1.00 bits per heavy atom. The summed E-state index contributed by atoms with van der Waals surface area (Å²) in [6.07, 6.45) is 2.36. The van der Waals surface area contributed by atoms with Gasteiger partial charge in [-0.05, 0) is 17.5 Å². The lowest BCUT2D eigenvalue weighted by Gasteiger charge is -2.27. The summed E-state index contributed by atoms with van der Waals surface area (Å²) in [7, 11) is -0.672. The highest BCUT2D eigenvalue weighted by molar-refractivity contribution is 6.55. The molecule has 0 saturated carbocycles. The molecule has 0 aromatic carbocycles. The average molecular weight is 231 g/mol. The standard InChI is InChI=1S/C12H27O2Si/c1-6-8-9-13-10-11-14-15(7-2)12(3,4)5/h6-11H2,1-5H3. The van der Waals surface area contributed by atoms with Crippen molar-refractivity contribution in [2.24, 2.45) is 0 Å². The topological polar surface area (TPSA) is 18.5 Å². The first-order valence-electron chi connectivity index (χ1n) is 6.09. The monoisotopic (exact) mass is 231 g/mol. The molecular formula is C12H27O2Si. The van der Waals surface area contributed by atoms with Crippen LogP contribution in [-0.2, 0) is 9.16 Å². The zero-order valence-electron chi connectivity index (χ0n) is 11.1. The van der Waals surface area contributed by atoms with Crippen LogP contribution >= 0.6 is 0 Å². The Morgan fingerprint density at radius 2 is 1.67 bits per heavy atom. The summed E-state index contributed by atoms with van der Waals surface area (Å²) in [6, 6.07) is 1.17. The minimum atomic E-state index is -0.672. The molecule has 0 amide bonds. The van der Waals surface area contributed by atoms with E-state index in [0.717, 1.165) is 26.2 Å². The maximum absolute atomic E-state index is 5.91. The fraction of sp³-hybridized carbons (Fsp3) is 1.00. The highest BCUT2D eigenvalue weighted by atomic mass is 28.3. The Balaban J connectivity index is 3.48. The van der Waals surface area contributed by atoms with E-state index in [9.17, 15) is 0 Å². The van der Waals surface area contributed by atoms with Crippen LogP contribution in [0.25, 0.3) is 0 Å². The van der Waals surface area contributed by atoms with Crippen molar-refractivity contribution >= 4 is 9.04 Å². The highest BCUT2D eigenvalue weighted by Gasteiger charge is 2.26. The van der Waals surface area contributed by atoms with Crippen LogP contribution < -0.4 is 0 Å². The Hall–Kier alpha value is 0.137. The van der Waals surface area contributed by atoms with Crippen molar-refractivity contribution in [2.45, 2.75) is 58.5 Å². The van der Waals surface area contributed by atoms with E-state index in [4.69, 9.17) is 9.16 Å². The first-order valence-corrected chi connectivity index (χ1v) is 7.70. The van der Waals surface area contributed by atoms with Gasteiger partial charge in [0.15, 0.2) is 0 Å². The largest absolute Gasteiger partial charge is 0.414 e. The van der Waals surface area contributed by atoms with E-state index in [0.29, 0.717) is 5.04 Å². The minimum absolute atomic E-state index is 0.336. The smallest absolute Gasteiger partial charge is 0.216 e. The third-order valence-electron chi connectivity index (χ3n) is 2.30. The van der Waals surface area contributed by atoms with Crippen molar-refractivity contribution in [3.05, 3.63) is 0 Å². The van der Waals surface area contributed by atoms with Gasteiger partial charge in [-0.3, -0.25) is 0 Å². The van der Waals surface area contributed by atoms with Crippen molar-refractivity contribution in [3.8, 4) is 0 Å². The molecule has 3 heteroatoms. The van der Waals surface area contributed by atoms with Gasteiger partial charge in [0.1, 0.15) is 0 Å². The van der Waals surface area contributed by atoms with E-state index < -0.39 is 9.04 Å². The van der Waals surface area contributed by atoms with Crippen LogP contribution in [0.5, 0.6) is 0 Å². The third-order valence-corrected chi connectivity index (χ3v) is 5.17. The molecule has 0 aromatic heterocycles. The summed E-state index contributed by atoms with van der Waals surface area (Å²) in [5.41, 5.74) is 0. The van der Waals surface area contributed by atoms with Gasteiger partial charge in [-0.1, -0.05) is 41.0 Å². The van der Waals surface area contributed by atoms with E-state index in [2.05, 4.69) is 34.6 Å². The summed E-state index contributed by atoms with van der Waals surface area (Å²) in [5, 5.41) is 0.336. The van der Waals surface area contributed by atoms with Gasteiger partial charge in [-0.2, -0.15) is 0 Å². The molecule has 0 atom stereocenters. The fourth-order valence-electron chi connectivity index (χ4n) is 1.42. The lowest BCUT2D eigenvalue weighted by molar-refractivity contribution is 0.0956. The maximum atomic E-state index is 5.91. The van der Waals surface area contributed by atoms with E-state index in [-0.39, 0.29) is 0 Å².